The molecule has 0 saturated carbocycles. The Kier molecular flexibility index (Phi) is 4.74. The molecule has 0 bridgehead atoms. The van der Waals surface area contributed by atoms with E-state index in [0.717, 1.165) is 20.8 Å². The lowest BCUT2D eigenvalue weighted by atomic mass is 10.2. The second-order valence-electron chi connectivity index (χ2n) is 5.15. The fraction of sp³-hybridized carbons (Fsp3) is 0.111. The van der Waals surface area contributed by atoms with Gasteiger partial charge in [-0.05, 0) is 35.9 Å². The van der Waals surface area contributed by atoms with Crippen molar-refractivity contribution in [2.24, 2.45) is 0 Å². The van der Waals surface area contributed by atoms with E-state index in [9.17, 15) is 4.79 Å². The third-order valence-corrected chi connectivity index (χ3v) is 4.65. The molecule has 5 heteroatoms. The highest BCUT2D eigenvalue weighted by molar-refractivity contribution is 7.18. The van der Waals surface area contributed by atoms with E-state index in [1.54, 1.807) is 47.6 Å². The first-order valence-electron chi connectivity index (χ1n) is 7.15. The number of carbonyl (C=O) groups excluding carboxylic acids is 1. The lowest BCUT2D eigenvalue weighted by Crippen LogP contribution is -2.23. The smallest absolute Gasteiger partial charge is 0.246 e. The number of amides is 1. The summed E-state index contributed by atoms with van der Waals surface area (Å²) in [4.78, 5) is 18.4. The monoisotopic (exact) mass is 342 g/mol. The van der Waals surface area contributed by atoms with Crippen molar-refractivity contribution in [1.82, 2.24) is 9.88 Å². The number of carbonyl (C=O) groups is 1. The molecular weight excluding hydrogens is 328 g/mol. The van der Waals surface area contributed by atoms with Crippen LogP contribution in [0.5, 0.6) is 0 Å². The number of halogens is 1. The SMILES string of the molecule is CN(Cc1nc2ccccc2s1)C(=O)C=Cc1ccc(Cl)cc1. The first-order valence-corrected chi connectivity index (χ1v) is 8.34. The van der Waals surface area contributed by atoms with Crippen LogP contribution >= 0.6 is 22.9 Å². The van der Waals surface area contributed by atoms with Gasteiger partial charge < -0.3 is 4.90 Å². The van der Waals surface area contributed by atoms with Gasteiger partial charge in [-0.15, -0.1) is 11.3 Å². The minimum absolute atomic E-state index is 0.0563. The molecule has 1 heterocycles. The molecule has 1 aromatic heterocycles. The maximum atomic E-state index is 12.2. The number of hydrogen-bond donors (Lipinski definition) is 0. The van der Waals surface area contributed by atoms with E-state index in [4.69, 9.17) is 11.6 Å². The van der Waals surface area contributed by atoms with E-state index in [0.29, 0.717) is 11.6 Å². The van der Waals surface area contributed by atoms with Crippen molar-refractivity contribution in [2.75, 3.05) is 7.05 Å². The summed E-state index contributed by atoms with van der Waals surface area (Å²) < 4.78 is 1.14. The van der Waals surface area contributed by atoms with Gasteiger partial charge in [0, 0.05) is 18.1 Å². The fourth-order valence-corrected chi connectivity index (χ4v) is 3.28. The molecule has 0 atom stereocenters. The average Bonchev–Trinajstić information content (AvgIpc) is 2.96. The number of para-hydroxylation sites is 1. The van der Waals surface area contributed by atoms with Crippen LogP contribution in [0.25, 0.3) is 16.3 Å². The summed E-state index contributed by atoms with van der Waals surface area (Å²) in [6, 6.07) is 15.3. The lowest BCUT2D eigenvalue weighted by molar-refractivity contribution is -0.125. The van der Waals surface area contributed by atoms with Crippen LogP contribution in [-0.4, -0.2) is 22.8 Å². The number of fused-ring (bicyclic) bond motifs is 1. The van der Waals surface area contributed by atoms with Crippen LogP contribution in [0.4, 0.5) is 0 Å². The van der Waals surface area contributed by atoms with Gasteiger partial charge in [0.15, 0.2) is 0 Å². The van der Waals surface area contributed by atoms with Crippen molar-refractivity contribution in [3.05, 3.63) is 70.2 Å². The number of rotatable bonds is 4. The zero-order valence-electron chi connectivity index (χ0n) is 12.6. The quantitative estimate of drug-likeness (QED) is 0.648. The van der Waals surface area contributed by atoms with Gasteiger partial charge in [0.25, 0.3) is 0 Å². The predicted octanol–water partition coefficient (Wildman–Crippen LogP) is 4.62. The van der Waals surface area contributed by atoms with E-state index in [-0.39, 0.29) is 5.91 Å². The normalized spacial score (nSPS) is 11.2. The number of hydrogen-bond acceptors (Lipinski definition) is 3. The summed E-state index contributed by atoms with van der Waals surface area (Å²) in [6.45, 7) is 0.503. The average molecular weight is 343 g/mol. The zero-order chi connectivity index (χ0) is 16.2. The number of aromatic nitrogens is 1. The van der Waals surface area contributed by atoms with E-state index < -0.39 is 0 Å². The van der Waals surface area contributed by atoms with Gasteiger partial charge in [0.05, 0.1) is 16.8 Å². The van der Waals surface area contributed by atoms with Gasteiger partial charge in [-0.1, -0.05) is 35.9 Å². The largest absolute Gasteiger partial charge is 0.335 e. The van der Waals surface area contributed by atoms with Crippen LogP contribution in [0, 0.1) is 0 Å². The van der Waals surface area contributed by atoms with Crippen LogP contribution in [-0.2, 0) is 11.3 Å². The van der Waals surface area contributed by atoms with Crippen LogP contribution in [0.3, 0.4) is 0 Å². The molecule has 0 aliphatic heterocycles. The highest BCUT2D eigenvalue weighted by Gasteiger charge is 2.09. The molecule has 0 saturated heterocycles. The van der Waals surface area contributed by atoms with Crippen molar-refractivity contribution in [3.8, 4) is 0 Å². The predicted molar refractivity (Wildman–Crippen MR) is 96.6 cm³/mol. The lowest BCUT2D eigenvalue weighted by Gasteiger charge is -2.12. The molecule has 1 amide bonds. The maximum absolute atomic E-state index is 12.2. The minimum Gasteiger partial charge on any atom is -0.335 e. The van der Waals surface area contributed by atoms with Gasteiger partial charge in [0.1, 0.15) is 5.01 Å². The molecule has 2 aromatic carbocycles. The first-order chi connectivity index (χ1) is 11.1. The van der Waals surface area contributed by atoms with Gasteiger partial charge in [-0.3, -0.25) is 4.79 Å². The van der Waals surface area contributed by atoms with Crippen molar-refractivity contribution in [1.29, 1.82) is 0 Å². The van der Waals surface area contributed by atoms with E-state index in [2.05, 4.69) is 4.98 Å². The van der Waals surface area contributed by atoms with Crippen molar-refractivity contribution in [2.45, 2.75) is 6.54 Å². The second kappa shape index (κ2) is 6.94. The second-order valence-corrected chi connectivity index (χ2v) is 6.71. The first kappa shape index (κ1) is 15.7. The Morgan fingerprint density at radius 1 is 1.22 bits per heavy atom. The van der Waals surface area contributed by atoms with Gasteiger partial charge in [0.2, 0.25) is 5.91 Å². The van der Waals surface area contributed by atoms with E-state index >= 15 is 0 Å². The van der Waals surface area contributed by atoms with E-state index in [1.807, 2.05) is 36.4 Å². The van der Waals surface area contributed by atoms with Gasteiger partial charge in [-0.2, -0.15) is 0 Å². The highest BCUT2D eigenvalue weighted by atomic mass is 35.5. The van der Waals surface area contributed by atoms with E-state index in [1.165, 1.54) is 0 Å². The van der Waals surface area contributed by atoms with Crippen molar-refractivity contribution < 1.29 is 4.79 Å². The van der Waals surface area contributed by atoms with Crippen molar-refractivity contribution >= 4 is 45.1 Å². The molecule has 23 heavy (non-hydrogen) atoms. The van der Waals surface area contributed by atoms with Gasteiger partial charge >= 0.3 is 0 Å². The Morgan fingerprint density at radius 2 is 1.96 bits per heavy atom. The van der Waals surface area contributed by atoms with Crippen molar-refractivity contribution in [3.63, 3.8) is 0 Å². The molecule has 3 rings (SSSR count). The topological polar surface area (TPSA) is 33.2 Å². The van der Waals surface area contributed by atoms with Gasteiger partial charge in [-0.25, -0.2) is 4.98 Å². The zero-order valence-corrected chi connectivity index (χ0v) is 14.1. The Morgan fingerprint density at radius 3 is 2.70 bits per heavy atom. The molecule has 0 aliphatic rings. The Bertz CT molecular complexity index is 822. The number of thiazole rings is 1. The Hall–Kier alpha value is -2.17. The third-order valence-electron chi connectivity index (χ3n) is 3.38. The van der Waals surface area contributed by atoms with Crippen LogP contribution in [0.15, 0.2) is 54.6 Å². The third kappa shape index (κ3) is 3.97. The fourth-order valence-electron chi connectivity index (χ4n) is 2.14. The molecule has 3 nitrogen and oxygen atoms in total. The van der Waals surface area contributed by atoms with Crippen LogP contribution in [0.1, 0.15) is 10.6 Å². The summed E-state index contributed by atoms with van der Waals surface area (Å²) >= 11 is 7.46. The summed E-state index contributed by atoms with van der Waals surface area (Å²) in [5.74, 6) is -0.0563. The van der Waals surface area contributed by atoms with Crippen LogP contribution < -0.4 is 0 Å². The molecule has 0 radical (unpaired) electrons. The Balaban J connectivity index is 1.66. The standard InChI is InChI=1S/C18H15ClN2OS/c1-21(12-17-20-15-4-2-3-5-16(15)23-17)18(22)11-8-13-6-9-14(19)10-7-13/h2-11H,12H2,1H3. The molecule has 0 spiro atoms. The molecule has 3 aromatic rings. The number of benzene rings is 2. The molecule has 0 N–H and O–H groups in total. The Labute approximate surface area is 143 Å². The maximum Gasteiger partial charge on any atom is 0.246 e. The number of likely N-dealkylation sites (N-methyl/N-ethyl adjacent to an activating group) is 1. The molecule has 116 valence electrons. The highest BCUT2D eigenvalue weighted by Crippen LogP contribution is 2.22. The molecule has 0 unspecified atom stereocenters. The molecular formula is C18H15ClN2OS. The summed E-state index contributed by atoms with van der Waals surface area (Å²) in [6.07, 6.45) is 3.35. The molecule has 0 aliphatic carbocycles. The summed E-state index contributed by atoms with van der Waals surface area (Å²) in [5.41, 5.74) is 1.92. The summed E-state index contributed by atoms with van der Waals surface area (Å²) in [5, 5.41) is 1.61. The molecule has 0 fully saturated rings. The summed E-state index contributed by atoms with van der Waals surface area (Å²) in [7, 11) is 1.78. The number of nitrogens with zero attached hydrogens (tertiary/aromatic N) is 2. The van der Waals surface area contributed by atoms with Crippen LogP contribution in [0.2, 0.25) is 5.02 Å². The minimum atomic E-state index is -0.0563.